The summed E-state index contributed by atoms with van der Waals surface area (Å²) in [4.78, 5) is 8.89. The van der Waals surface area contributed by atoms with Gasteiger partial charge in [-0.2, -0.15) is 0 Å². The number of rotatable bonds is 3. The topological polar surface area (TPSA) is 50.1 Å². The van der Waals surface area contributed by atoms with Crippen LogP contribution in [0.1, 0.15) is 0 Å². The van der Waals surface area contributed by atoms with Gasteiger partial charge in [0.2, 0.25) is 5.13 Å². The predicted octanol–water partition coefficient (Wildman–Crippen LogP) is 3.04. The van der Waals surface area contributed by atoms with Crippen molar-refractivity contribution in [2.24, 2.45) is 11.8 Å². The van der Waals surface area contributed by atoms with E-state index in [1.807, 2.05) is 29.0 Å². The normalized spacial score (nSPS) is 22.9. The van der Waals surface area contributed by atoms with Crippen LogP contribution in [0.25, 0.3) is 16.3 Å². The summed E-state index contributed by atoms with van der Waals surface area (Å²) in [7, 11) is 2.21. The minimum absolute atomic E-state index is 0.679. The lowest BCUT2D eigenvalue weighted by Gasteiger charge is -2.17. The fraction of sp³-hybridized carbons (Fsp3) is 0.389. The molecule has 2 aliphatic rings. The van der Waals surface area contributed by atoms with Gasteiger partial charge in [-0.25, -0.2) is 4.98 Å². The highest BCUT2D eigenvalue weighted by Crippen LogP contribution is 2.38. The fourth-order valence-electron chi connectivity index (χ4n) is 4.09. The van der Waals surface area contributed by atoms with Crippen molar-refractivity contribution in [1.29, 1.82) is 0 Å². The average molecular weight is 387 g/mol. The Balaban J connectivity index is 1.37. The molecule has 0 amide bonds. The molecule has 2 aliphatic heterocycles. The number of aromatic nitrogens is 4. The first kappa shape index (κ1) is 16.2. The van der Waals surface area contributed by atoms with E-state index in [0.29, 0.717) is 5.02 Å². The van der Waals surface area contributed by atoms with E-state index in [9.17, 15) is 0 Å². The zero-order valence-electron chi connectivity index (χ0n) is 14.4. The summed E-state index contributed by atoms with van der Waals surface area (Å²) in [6, 6.07) is 5.98. The first-order valence-electron chi connectivity index (χ1n) is 8.72. The average Bonchev–Trinajstić information content (AvgIpc) is 3.38. The van der Waals surface area contributed by atoms with Gasteiger partial charge in [0.25, 0.3) is 0 Å². The minimum atomic E-state index is 0.679. The number of hydrogen-bond acceptors (Lipinski definition) is 6. The van der Waals surface area contributed by atoms with Gasteiger partial charge in [0.1, 0.15) is 0 Å². The van der Waals surface area contributed by atoms with Crippen LogP contribution >= 0.6 is 22.9 Å². The standard InChI is InChI=1S/C18H19ClN6S/c1-23-7-12-9-25(10-13(12)8-23)18-22-21-17(26-18)15-3-2-14(6-16(15)19)24-5-4-20-11-24/h2-6,11-13H,7-10H2,1H3/t12-,13?/m0/s1. The van der Waals surface area contributed by atoms with Gasteiger partial charge >= 0.3 is 0 Å². The molecule has 0 bridgehead atoms. The second-order valence-corrected chi connectivity index (χ2v) is 8.53. The molecule has 134 valence electrons. The molecule has 8 heteroatoms. The molecule has 2 saturated heterocycles. The van der Waals surface area contributed by atoms with Crippen LogP contribution in [0.5, 0.6) is 0 Å². The van der Waals surface area contributed by atoms with Gasteiger partial charge < -0.3 is 14.4 Å². The first-order valence-corrected chi connectivity index (χ1v) is 9.92. The molecule has 2 aromatic heterocycles. The molecule has 0 aliphatic carbocycles. The van der Waals surface area contributed by atoms with Crippen molar-refractivity contribution in [3.8, 4) is 16.3 Å². The number of anilines is 1. The molecule has 0 spiro atoms. The van der Waals surface area contributed by atoms with E-state index in [0.717, 1.165) is 46.3 Å². The number of hydrogen-bond donors (Lipinski definition) is 0. The van der Waals surface area contributed by atoms with Gasteiger partial charge in [0, 0.05) is 49.8 Å². The molecular formula is C18H19ClN6S. The van der Waals surface area contributed by atoms with Crippen molar-refractivity contribution >= 4 is 28.1 Å². The van der Waals surface area contributed by atoms with Crippen LogP contribution in [-0.4, -0.2) is 57.9 Å². The molecule has 0 N–H and O–H groups in total. The Morgan fingerprint density at radius 3 is 2.62 bits per heavy atom. The monoisotopic (exact) mass is 386 g/mol. The Labute approximate surface area is 161 Å². The lowest BCUT2D eigenvalue weighted by Crippen LogP contribution is -2.26. The molecule has 0 saturated carbocycles. The van der Waals surface area contributed by atoms with Crippen LogP contribution in [0.15, 0.2) is 36.9 Å². The maximum Gasteiger partial charge on any atom is 0.208 e. The summed E-state index contributed by atoms with van der Waals surface area (Å²) in [5.41, 5.74) is 1.91. The Morgan fingerprint density at radius 2 is 1.92 bits per heavy atom. The van der Waals surface area contributed by atoms with Crippen molar-refractivity contribution in [2.45, 2.75) is 0 Å². The lowest BCUT2D eigenvalue weighted by molar-refractivity contribution is 0.387. The largest absolute Gasteiger partial charge is 0.346 e. The van der Waals surface area contributed by atoms with Gasteiger partial charge in [-0.1, -0.05) is 22.9 Å². The predicted molar refractivity (Wildman–Crippen MR) is 104 cm³/mol. The number of likely N-dealkylation sites (tertiary alicyclic amines) is 1. The van der Waals surface area contributed by atoms with Crippen LogP contribution in [-0.2, 0) is 0 Å². The maximum absolute atomic E-state index is 6.53. The van der Waals surface area contributed by atoms with E-state index in [-0.39, 0.29) is 0 Å². The van der Waals surface area contributed by atoms with E-state index in [4.69, 9.17) is 11.6 Å². The van der Waals surface area contributed by atoms with Crippen LogP contribution < -0.4 is 4.90 Å². The summed E-state index contributed by atoms with van der Waals surface area (Å²) in [6.45, 7) is 4.54. The van der Waals surface area contributed by atoms with E-state index in [1.54, 1.807) is 23.9 Å². The summed E-state index contributed by atoms with van der Waals surface area (Å²) in [6.07, 6.45) is 5.41. The van der Waals surface area contributed by atoms with Crippen molar-refractivity contribution in [2.75, 3.05) is 38.1 Å². The molecule has 5 rings (SSSR count). The molecule has 2 atom stereocenters. The van der Waals surface area contributed by atoms with Gasteiger partial charge in [-0.05, 0) is 37.1 Å². The van der Waals surface area contributed by atoms with Gasteiger partial charge in [-0.3, -0.25) is 0 Å². The fourth-order valence-corrected chi connectivity index (χ4v) is 5.31. The molecule has 3 aromatic rings. The van der Waals surface area contributed by atoms with E-state index < -0.39 is 0 Å². The van der Waals surface area contributed by atoms with Crippen LogP contribution in [0.3, 0.4) is 0 Å². The van der Waals surface area contributed by atoms with Crippen molar-refractivity contribution in [3.05, 3.63) is 41.9 Å². The molecule has 26 heavy (non-hydrogen) atoms. The Morgan fingerprint density at radius 1 is 1.12 bits per heavy atom. The third kappa shape index (κ3) is 2.80. The number of imidazole rings is 1. The molecule has 1 aromatic carbocycles. The van der Waals surface area contributed by atoms with Gasteiger partial charge in [0.05, 0.1) is 11.3 Å². The van der Waals surface area contributed by atoms with Gasteiger partial charge in [-0.15, -0.1) is 10.2 Å². The Hall–Kier alpha value is -1.96. The third-order valence-electron chi connectivity index (χ3n) is 5.34. The van der Waals surface area contributed by atoms with Gasteiger partial charge in [0.15, 0.2) is 5.01 Å². The highest BCUT2D eigenvalue weighted by Gasteiger charge is 2.39. The molecule has 0 radical (unpaired) electrons. The number of nitrogens with zero attached hydrogens (tertiary/aromatic N) is 6. The highest BCUT2D eigenvalue weighted by atomic mass is 35.5. The van der Waals surface area contributed by atoms with Crippen LogP contribution in [0.2, 0.25) is 5.02 Å². The summed E-state index contributed by atoms with van der Waals surface area (Å²) in [5.74, 6) is 1.51. The minimum Gasteiger partial charge on any atom is -0.346 e. The van der Waals surface area contributed by atoms with Crippen LogP contribution in [0, 0.1) is 11.8 Å². The van der Waals surface area contributed by atoms with Crippen molar-refractivity contribution in [3.63, 3.8) is 0 Å². The number of halogens is 1. The zero-order chi connectivity index (χ0) is 17.7. The lowest BCUT2D eigenvalue weighted by atomic mass is 10.0. The first-order chi connectivity index (χ1) is 12.7. The number of fused-ring (bicyclic) bond motifs is 1. The Kier molecular flexibility index (Phi) is 3.95. The zero-order valence-corrected chi connectivity index (χ0v) is 16.0. The molecule has 2 fully saturated rings. The van der Waals surface area contributed by atoms with Crippen molar-refractivity contribution in [1.82, 2.24) is 24.6 Å². The second-order valence-electron chi connectivity index (χ2n) is 7.17. The summed E-state index contributed by atoms with van der Waals surface area (Å²) < 4.78 is 1.93. The van der Waals surface area contributed by atoms with Crippen molar-refractivity contribution < 1.29 is 0 Å². The SMILES string of the molecule is CN1CC2CN(c3nnc(-c4ccc(-n5ccnc5)cc4Cl)s3)C[C@@H]2C1. The maximum atomic E-state index is 6.53. The molecule has 4 heterocycles. The third-order valence-corrected chi connectivity index (χ3v) is 6.67. The molecule has 1 unspecified atom stereocenters. The molecular weight excluding hydrogens is 368 g/mol. The Bertz CT molecular complexity index is 910. The van der Waals surface area contributed by atoms with E-state index in [2.05, 4.69) is 32.0 Å². The van der Waals surface area contributed by atoms with E-state index >= 15 is 0 Å². The van der Waals surface area contributed by atoms with Crippen LogP contribution in [0.4, 0.5) is 5.13 Å². The molecule has 6 nitrogen and oxygen atoms in total. The second kappa shape index (κ2) is 6.33. The summed E-state index contributed by atoms with van der Waals surface area (Å²) >= 11 is 8.16. The number of benzene rings is 1. The summed E-state index contributed by atoms with van der Waals surface area (Å²) in [5, 5.41) is 11.4. The quantitative estimate of drug-likeness (QED) is 0.692. The van der Waals surface area contributed by atoms with E-state index in [1.165, 1.54) is 13.1 Å². The highest BCUT2D eigenvalue weighted by molar-refractivity contribution is 7.18. The smallest absolute Gasteiger partial charge is 0.208 e.